The lowest BCUT2D eigenvalue weighted by molar-refractivity contribution is 0.0554. The number of hydrogen-bond donors (Lipinski definition) is 0. The lowest BCUT2D eigenvalue weighted by Gasteiger charge is -2.39. The van der Waals surface area contributed by atoms with E-state index in [0.717, 1.165) is 17.1 Å². The molecule has 10 nitrogen and oxygen atoms in total. The molecule has 0 aliphatic carbocycles. The van der Waals surface area contributed by atoms with Crippen molar-refractivity contribution in [2.24, 2.45) is 0 Å². The van der Waals surface area contributed by atoms with Gasteiger partial charge in [-0.1, -0.05) is 0 Å². The fourth-order valence-electron chi connectivity index (χ4n) is 4.13. The van der Waals surface area contributed by atoms with Gasteiger partial charge >= 0.3 is 0 Å². The Morgan fingerprint density at radius 3 is 2.45 bits per heavy atom. The molecule has 0 bridgehead atoms. The maximum atomic E-state index is 12.7. The van der Waals surface area contributed by atoms with E-state index in [1.54, 1.807) is 26.4 Å². The molecule has 33 heavy (non-hydrogen) atoms. The maximum absolute atomic E-state index is 12.7. The van der Waals surface area contributed by atoms with Crippen LogP contribution in [0.3, 0.4) is 0 Å². The van der Waals surface area contributed by atoms with Gasteiger partial charge in [0.2, 0.25) is 0 Å². The van der Waals surface area contributed by atoms with E-state index in [0.29, 0.717) is 37.8 Å². The van der Waals surface area contributed by atoms with Crippen molar-refractivity contribution in [2.45, 2.75) is 32.4 Å². The van der Waals surface area contributed by atoms with Crippen LogP contribution < -0.4 is 9.47 Å². The number of methoxy groups -OCH3 is 2. The zero-order chi connectivity index (χ0) is 23.6. The number of amides is 1. The molecular formula is C23H30N6O4. The molecule has 1 aliphatic heterocycles. The summed E-state index contributed by atoms with van der Waals surface area (Å²) in [6.45, 7) is 8.56. The summed E-state index contributed by atoms with van der Waals surface area (Å²) in [5.74, 6) is 2.40. The van der Waals surface area contributed by atoms with E-state index in [2.05, 4.69) is 41.2 Å². The topological polar surface area (TPSA) is 98.7 Å². The lowest BCUT2D eigenvalue weighted by Crippen LogP contribution is -2.50. The van der Waals surface area contributed by atoms with E-state index in [1.165, 1.54) is 6.26 Å². The first-order valence-electron chi connectivity index (χ1n) is 10.9. The highest BCUT2D eigenvalue weighted by Gasteiger charge is 2.36. The third-order valence-electron chi connectivity index (χ3n) is 5.80. The van der Waals surface area contributed by atoms with Crippen LogP contribution in [0.1, 0.15) is 48.8 Å². The van der Waals surface area contributed by atoms with Crippen molar-refractivity contribution in [3.63, 3.8) is 0 Å². The van der Waals surface area contributed by atoms with Gasteiger partial charge in [-0.05, 0) is 61.5 Å². The molecule has 1 aliphatic rings. The highest BCUT2D eigenvalue weighted by Crippen LogP contribution is 2.37. The minimum absolute atomic E-state index is 0.102. The molecule has 176 valence electrons. The van der Waals surface area contributed by atoms with Crippen LogP contribution in [0.25, 0.3) is 0 Å². The number of carbonyl (C=O) groups is 1. The van der Waals surface area contributed by atoms with E-state index in [9.17, 15) is 4.79 Å². The van der Waals surface area contributed by atoms with Gasteiger partial charge in [-0.25, -0.2) is 4.68 Å². The number of benzene rings is 1. The maximum Gasteiger partial charge on any atom is 0.289 e. The first-order valence-corrected chi connectivity index (χ1v) is 10.9. The molecule has 1 atom stereocenters. The molecule has 1 aromatic carbocycles. The van der Waals surface area contributed by atoms with Gasteiger partial charge in [0, 0.05) is 31.7 Å². The Morgan fingerprint density at radius 2 is 1.85 bits per heavy atom. The molecular weight excluding hydrogens is 424 g/mol. The third-order valence-corrected chi connectivity index (χ3v) is 5.80. The quantitative estimate of drug-likeness (QED) is 0.561. The molecule has 3 aromatic rings. The second-order valence-corrected chi connectivity index (χ2v) is 8.94. The van der Waals surface area contributed by atoms with Crippen molar-refractivity contribution in [2.75, 3.05) is 40.4 Å². The van der Waals surface area contributed by atoms with Gasteiger partial charge in [0.05, 0.1) is 26.0 Å². The zero-order valence-corrected chi connectivity index (χ0v) is 19.7. The minimum Gasteiger partial charge on any atom is -0.497 e. The Morgan fingerprint density at radius 1 is 1.09 bits per heavy atom. The van der Waals surface area contributed by atoms with Crippen molar-refractivity contribution < 1.29 is 18.7 Å². The standard InChI is InChI=1S/C23H30N6O4/c1-23(2,3)29-21(24-25-26-29)20(17-15-16(31-4)8-9-18(17)32-5)27-10-12-28(13-11-27)22(30)19-7-6-14-33-19/h6-9,14-15,20H,10-13H2,1-5H3/t20-/m0/s1. The summed E-state index contributed by atoms with van der Waals surface area (Å²) in [6.07, 6.45) is 1.51. The molecule has 0 radical (unpaired) electrons. The lowest BCUT2D eigenvalue weighted by atomic mass is 10.00. The van der Waals surface area contributed by atoms with Gasteiger partial charge in [-0.15, -0.1) is 5.10 Å². The third kappa shape index (κ3) is 4.56. The van der Waals surface area contributed by atoms with Crippen LogP contribution in [0, 0.1) is 0 Å². The second-order valence-electron chi connectivity index (χ2n) is 8.94. The summed E-state index contributed by atoms with van der Waals surface area (Å²) in [5.41, 5.74) is 0.586. The number of furan rings is 1. The van der Waals surface area contributed by atoms with E-state index >= 15 is 0 Å². The Labute approximate surface area is 193 Å². The number of rotatable bonds is 6. The molecule has 0 N–H and O–H groups in total. The van der Waals surface area contributed by atoms with Crippen molar-refractivity contribution in [3.05, 3.63) is 53.7 Å². The van der Waals surface area contributed by atoms with Crippen molar-refractivity contribution in [1.29, 1.82) is 0 Å². The zero-order valence-electron chi connectivity index (χ0n) is 19.7. The van der Waals surface area contributed by atoms with E-state index in [-0.39, 0.29) is 17.5 Å². The Kier molecular flexibility index (Phi) is 6.37. The average Bonchev–Trinajstić information content (AvgIpc) is 3.52. The molecule has 1 amide bonds. The summed E-state index contributed by atoms with van der Waals surface area (Å²) in [6, 6.07) is 8.85. The van der Waals surface area contributed by atoms with Crippen LogP contribution >= 0.6 is 0 Å². The van der Waals surface area contributed by atoms with Crippen LogP contribution in [-0.4, -0.2) is 76.3 Å². The highest BCUT2D eigenvalue weighted by atomic mass is 16.5. The van der Waals surface area contributed by atoms with Gasteiger partial charge in [0.15, 0.2) is 11.6 Å². The Bertz CT molecular complexity index is 1080. The minimum atomic E-state index is -0.319. The number of carbonyl (C=O) groups excluding carboxylic acids is 1. The number of hydrogen-bond acceptors (Lipinski definition) is 8. The van der Waals surface area contributed by atoms with Crippen LogP contribution in [0.15, 0.2) is 41.0 Å². The van der Waals surface area contributed by atoms with Crippen LogP contribution in [0.4, 0.5) is 0 Å². The average molecular weight is 455 g/mol. The molecule has 3 heterocycles. The van der Waals surface area contributed by atoms with Crippen LogP contribution in [-0.2, 0) is 5.54 Å². The predicted molar refractivity (Wildman–Crippen MR) is 120 cm³/mol. The fraction of sp³-hybridized carbons (Fsp3) is 0.478. The molecule has 0 unspecified atom stereocenters. The smallest absolute Gasteiger partial charge is 0.289 e. The number of ether oxygens (including phenoxy) is 2. The van der Waals surface area contributed by atoms with Crippen molar-refractivity contribution >= 4 is 5.91 Å². The van der Waals surface area contributed by atoms with Gasteiger partial charge in [0.1, 0.15) is 17.5 Å². The first kappa shape index (κ1) is 22.8. The van der Waals surface area contributed by atoms with E-state index in [1.807, 2.05) is 27.8 Å². The van der Waals surface area contributed by atoms with Crippen LogP contribution in [0.5, 0.6) is 11.5 Å². The van der Waals surface area contributed by atoms with E-state index < -0.39 is 0 Å². The largest absolute Gasteiger partial charge is 0.497 e. The predicted octanol–water partition coefficient (Wildman–Crippen LogP) is 2.59. The molecule has 1 saturated heterocycles. The number of piperazine rings is 1. The van der Waals surface area contributed by atoms with E-state index in [4.69, 9.17) is 13.9 Å². The van der Waals surface area contributed by atoms with Gasteiger partial charge in [0.25, 0.3) is 5.91 Å². The summed E-state index contributed by atoms with van der Waals surface area (Å²) in [4.78, 5) is 16.8. The number of tetrazole rings is 1. The Hall–Kier alpha value is -3.40. The molecule has 2 aromatic heterocycles. The molecule has 4 rings (SSSR count). The molecule has 1 fully saturated rings. The van der Waals surface area contributed by atoms with Gasteiger partial charge in [-0.3, -0.25) is 9.69 Å². The highest BCUT2D eigenvalue weighted by molar-refractivity contribution is 5.91. The monoisotopic (exact) mass is 454 g/mol. The number of aromatic nitrogens is 4. The summed E-state index contributed by atoms with van der Waals surface area (Å²) in [5, 5.41) is 12.7. The van der Waals surface area contributed by atoms with Crippen molar-refractivity contribution in [3.8, 4) is 11.5 Å². The first-order chi connectivity index (χ1) is 15.8. The second kappa shape index (κ2) is 9.22. The summed E-state index contributed by atoms with van der Waals surface area (Å²) in [7, 11) is 3.29. The van der Waals surface area contributed by atoms with Crippen molar-refractivity contribution in [1.82, 2.24) is 30.0 Å². The normalized spacial score (nSPS) is 16.0. The number of nitrogens with zero attached hydrogens (tertiary/aromatic N) is 6. The summed E-state index contributed by atoms with van der Waals surface area (Å²) >= 11 is 0. The Balaban J connectivity index is 1.70. The molecule has 0 saturated carbocycles. The van der Waals surface area contributed by atoms with Gasteiger partial charge < -0.3 is 18.8 Å². The van der Waals surface area contributed by atoms with Gasteiger partial charge in [-0.2, -0.15) is 0 Å². The molecule has 10 heteroatoms. The molecule has 0 spiro atoms. The fourth-order valence-corrected chi connectivity index (χ4v) is 4.13. The SMILES string of the molecule is COc1ccc(OC)c([C@@H](c2nnnn2C(C)(C)C)N2CCN(C(=O)c3ccco3)CC2)c1. The van der Waals surface area contributed by atoms with Crippen LogP contribution in [0.2, 0.25) is 0 Å². The summed E-state index contributed by atoms with van der Waals surface area (Å²) < 4.78 is 18.4.